The van der Waals surface area contributed by atoms with Crippen LogP contribution in [0.1, 0.15) is 30.1 Å². The molecule has 142 valence electrons. The number of rotatable bonds is 6. The van der Waals surface area contributed by atoms with Crippen molar-refractivity contribution in [2.24, 2.45) is 0 Å². The molecule has 1 atom stereocenters. The topological polar surface area (TPSA) is 122 Å². The summed E-state index contributed by atoms with van der Waals surface area (Å²) in [5.41, 5.74) is -0.405. The molecule has 10 heteroatoms. The molecule has 2 N–H and O–H groups in total. The molecule has 3 heterocycles. The second kappa shape index (κ2) is 7.89. The van der Waals surface area contributed by atoms with Crippen molar-refractivity contribution in [3.05, 3.63) is 34.2 Å². The average Bonchev–Trinajstić information content (AvgIpc) is 3.10. The van der Waals surface area contributed by atoms with E-state index in [-0.39, 0.29) is 29.1 Å². The van der Waals surface area contributed by atoms with Gasteiger partial charge in [-0.15, -0.1) is 0 Å². The minimum Gasteiger partial charge on any atom is -0.462 e. The molecule has 27 heavy (non-hydrogen) atoms. The van der Waals surface area contributed by atoms with Crippen LogP contribution in [0.4, 0.5) is 0 Å². The van der Waals surface area contributed by atoms with Crippen molar-refractivity contribution in [1.82, 2.24) is 14.5 Å². The van der Waals surface area contributed by atoms with E-state index in [1.165, 1.54) is 18.5 Å². The van der Waals surface area contributed by atoms with Gasteiger partial charge in [0, 0.05) is 37.0 Å². The van der Waals surface area contributed by atoms with Crippen molar-refractivity contribution in [3.63, 3.8) is 0 Å². The van der Waals surface area contributed by atoms with Crippen LogP contribution in [-0.2, 0) is 16.1 Å². The standard InChI is InChI=1S/C17H20BN3O6/c1-2-27-17(24)14-9-21(8-12-4-3-5-20(12)10-22)16-13(15(14)23)6-11(7-19-16)18(25)26/h6-7,9-10,12,25-26H,2-5,8H2,1H3. The van der Waals surface area contributed by atoms with Gasteiger partial charge in [-0.25, -0.2) is 9.78 Å². The zero-order valence-corrected chi connectivity index (χ0v) is 14.9. The summed E-state index contributed by atoms with van der Waals surface area (Å²) in [6, 6.07) is 1.23. The number of esters is 1. The summed E-state index contributed by atoms with van der Waals surface area (Å²) >= 11 is 0. The molecular weight excluding hydrogens is 353 g/mol. The summed E-state index contributed by atoms with van der Waals surface area (Å²) in [7, 11) is -1.79. The Morgan fingerprint density at radius 1 is 1.48 bits per heavy atom. The molecule has 1 amide bonds. The van der Waals surface area contributed by atoms with E-state index in [0.717, 1.165) is 19.3 Å². The highest BCUT2D eigenvalue weighted by atomic mass is 16.5. The van der Waals surface area contributed by atoms with Crippen LogP contribution in [0.5, 0.6) is 0 Å². The van der Waals surface area contributed by atoms with Gasteiger partial charge in [0.25, 0.3) is 0 Å². The number of likely N-dealkylation sites (tertiary alicyclic amines) is 1. The number of aromatic nitrogens is 2. The van der Waals surface area contributed by atoms with Gasteiger partial charge >= 0.3 is 13.1 Å². The minimum absolute atomic E-state index is 0.0440. The van der Waals surface area contributed by atoms with Gasteiger partial charge < -0.3 is 24.3 Å². The number of hydrogen-bond acceptors (Lipinski definition) is 7. The van der Waals surface area contributed by atoms with Crippen molar-refractivity contribution in [2.45, 2.75) is 32.4 Å². The first-order valence-corrected chi connectivity index (χ1v) is 8.73. The van der Waals surface area contributed by atoms with Gasteiger partial charge in [-0.2, -0.15) is 0 Å². The number of ether oxygens (including phenoxy) is 1. The van der Waals surface area contributed by atoms with Gasteiger partial charge in [-0.05, 0) is 25.8 Å². The van der Waals surface area contributed by atoms with Gasteiger partial charge in [-0.3, -0.25) is 9.59 Å². The Hall–Kier alpha value is -2.72. The minimum atomic E-state index is -1.79. The predicted molar refractivity (Wildman–Crippen MR) is 97.6 cm³/mol. The molecule has 0 aliphatic carbocycles. The molecule has 2 aromatic rings. The van der Waals surface area contributed by atoms with Crippen molar-refractivity contribution in [1.29, 1.82) is 0 Å². The highest BCUT2D eigenvalue weighted by Gasteiger charge is 2.26. The Labute approximate surface area is 155 Å². The molecule has 0 aromatic carbocycles. The smallest absolute Gasteiger partial charge is 0.462 e. The number of fused-ring (bicyclic) bond motifs is 1. The van der Waals surface area contributed by atoms with Crippen LogP contribution in [0.15, 0.2) is 23.3 Å². The molecule has 1 fully saturated rings. The maximum atomic E-state index is 12.7. The maximum absolute atomic E-state index is 12.7. The van der Waals surface area contributed by atoms with E-state index in [4.69, 9.17) is 4.74 Å². The third-order valence-electron chi connectivity index (χ3n) is 4.69. The third kappa shape index (κ3) is 3.72. The van der Waals surface area contributed by atoms with Crippen LogP contribution in [0.2, 0.25) is 0 Å². The molecule has 1 aliphatic heterocycles. The maximum Gasteiger partial charge on any atom is 0.490 e. The monoisotopic (exact) mass is 373 g/mol. The first kappa shape index (κ1) is 19.1. The van der Waals surface area contributed by atoms with Gasteiger partial charge in [0.1, 0.15) is 11.2 Å². The summed E-state index contributed by atoms with van der Waals surface area (Å²) in [6.45, 7) is 2.77. The van der Waals surface area contributed by atoms with Crippen molar-refractivity contribution in [3.8, 4) is 0 Å². The van der Waals surface area contributed by atoms with E-state index >= 15 is 0 Å². The predicted octanol–water partition coefficient (Wildman–Crippen LogP) is -1.13. The molecule has 0 bridgehead atoms. The van der Waals surface area contributed by atoms with Crippen molar-refractivity contribution in [2.75, 3.05) is 13.2 Å². The summed E-state index contributed by atoms with van der Waals surface area (Å²) in [6.07, 6.45) is 5.13. The fourth-order valence-corrected chi connectivity index (χ4v) is 3.34. The Balaban J connectivity index is 2.15. The van der Waals surface area contributed by atoms with Crippen molar-refractivity contribution < 1.29 is 24.4 Å². The van der Waals surface area contributed by atoms with E-state index in [1.54, 1.807) is 16.4 Å². The molecular formula is C17H20BN3O6. The number of nitrogens with zero attached hydrogens (tertiary/aromatic N) is 3. The molecule has 0 spiro atoms. The number of amides is 1. The zero-order chi connectivity index (χ0) is 19.6. The Bertz CT molecular complexity index is 929. The average molecular weight is 373 g/mol. The zero-order valence-electron chi connectivity index (χ0n) is 14.9. The van der Waals surface area contributed by atoms with Crippen molar-refractivity contribution >= 4 is 36.0 Å². The second-order valence-electron chi connectivity index (χ2n) is 6.40. The Morgan fingerprint density at radius 2 is 2.26 bits per heavy atom. The van der Waals surface area contributed by atoms with E-state index in [1.807, 2.05) is 0 Å². The number of hydrogen-bond donors (Lipinski definition) is 2. The highest BCUT2D eigenvalue weighted by Crippen LogP contribution is 2.19. The summed E-state index contributed by atoms with van der Waals surface area (Å²) in [5, 5.41) is 18.8. The van der Waals surface area contributed by atoms with Gasteiger partial charge in [0.2, 0.25) is 11.8 Å². The lowest BCUT2D eigenvalue weighted by molar-refractivity contribution is -0.119. The third-order valence-corrected chi connectivity index (χ3v) is 4.69. The number of carbonyl (C=O) groups excluding carboxylic acids is 2. The molecule has 1 unspecified atom stereocenters. The molecule has 0 radical (unpaired) electrons. The van der Waals surface area contributed by atoms with E-state index in [2.05, 4.69) is 4.98 Å². The summed E-state index contributed by atoms with van der Waals surface area (Å²) in [5.74, 6) is -0.758. The van der Waals surface area contributed by atoms with E-state index in [9.17, 15) is 24.4 Å². The Kier molecular flexibility index (Phi) is 5.57. The van der Waals surface area contributed by atoms with Gasteiger partial charge in [0.05, 0.1) is 12.0 Å². The van der Waals surface area contributed by atoms with E-state index < -0.39 is 18.5 Å². The highest BCUT2D eigenvalue weighted by molar-refractivity contribution is 6.58. The lowest BCUT2D eigenvalue weighted by atomic mass is 9.81. The molecule has 2 aromatic heterocycles. The first-order valence-electron chi connectivity index (χ1n) is 8.73. The fraction of sp³-hybridized carbons (Fsp3) is 0.412. The van der Waals surface area contributed by atoms with Crippen LogP contribution in [0.25, 0.3) is 11.0 Å². The molecule has 1 saturated heterocycles. The van der Waals surface area contributed by atoms with Crippen LogP contribution in [-0.4, -0.2) is 63.2 Å². The van der Waals surface area contributed by atoms with Crippen LogP contribution in [0, 0.1) is 0 Å². The normalized spacial score (nSPS) is 16.6. The SMILES string of the molecule is CCOC(=O)c1cn(CC2CCCN2C=O)c2ncc(B(O)O)cc2c1=O. The first-order chi connectivity index (χ1) is 13.0. The molecule has 1 aliphatic rings. The lowest BCUT2D eigenvalue weighted by Gasteiger charge is -2.22. The van der Waals surface area contributed by atoms with Crippen LogP contribution < -0.4 is 10.9 Å². The fourth-order valence-electron chi connectivity index (χ4n) is 3.34. The van der Waals surface area contributed by atoms with E-state index in [0.29, 0.717) is 18.7 Å². The summed E-state index contributed by atoms with van der Waals surface area (Å²) in [4.78, 5) is 42.1. The van der Waals surface area contributed by atoms with Crippen LogP contribution in [0.3, 0.4) is 0 Å². The molecule has 0 saturated carbocycles. The lowest BCUT2D eigenvalue weighted by Crippen LogP contribution is -2.34. The largest absolute Gasteiger partial charge is 0.490 e. The number of carbonyl (C=O) groups is 2. The quantitative estimate of drug-likeness (QED) is 0.373. The summed E-state index contributed by atoms with van der Waals surface area (Å²) < 4.78 is 6.61. The molecule has 3 rings (SSSR count). The van der Waals surface area contributed by atoms with Gasteiger partial charge in [0.15, 0.2) is 0 Å². The van der Waals surface area contributed by atoms with Crippen LogP contribution >= 0.6 is 0 Å². The van der Waals surface area contributed by atoms with Gasteiger partial charge in [-0.1, -0.05) is 0 Å². The molecule has 9 nitrogen and oxygen atoms in total. The second-order valence-corrected chi connectivity index (χ2v) is 6.40. The number of pyridine rings is 2. The Morgan fingerprint density at radius 3 is 2.93 bits per heavy atom.